The van der Waals surface area contributed by atoms with E-state index in [0.29, 0.717) is 10.7 Å². The van der Waals surface area contributed by atoms with E-state index in [1.54, 1.807) is 12.1 Å². The number of nitrogens with zero attached hydrogens (tertiary/aromatic N) is 1. The molecule has 0 saturated heterocycles. The second kappa shape index (κ2) is 5.19. The van der Waals surface area contributed by atoms with Gasteiger partial charge in [0.15, 0.2) is 11.2 Å². The molecule has 0 unspecified atom stereocenters. The van der Waals surface area contributed by atoms with Crippen molar-refractivity contribution in [3.63, 3.8) is 0 Å². The number of rotatable bonds is 1. The number of carbonyl (C=O) groups is 3. The number of ketones is 2. The Labute approximate surface area is 156 Å². The largest absolute Gasteiger partial charge is 0.468 e. The fraction of sp³-hybridized carbons (Fsp3) is 0.450. The van der Waals surface area contributed by atoms with Crippen LogP contribution in [-0.2, 0) is 37.0 Å². The van der Waals surface area contributed by atoms with Gasteiger partial charge in [-0.2, -0.15) is 0 Å². The minimum atomic E-state index is -1.60. The number of Topliss-reactive ketones (excluding diaryl/α,β-unsaturated/α-hetero) is 2. The zero-order chi connectivity index (χ0) is 19.0. The van der Waals surface area contributed by atoms with Crippen molar-refractivity contribution in [1.82, 2.24) is 4.57 Å². The highest BCUT2D eigenvalue weighted by atomic mass is 35.5. The molecule has 6 heteroatoms. The molecule has 1 heterocycles. The molecule has 4 rings (SSSR count). The Hall–Kier alpha value is -2.14. The van der Waals surface area contributed by atoms with Gasteiger partial charge in [-0.05, 0) is 11.6 Å². The number of hydrogen-bond acceptors (Lipinski definition) is 4. The molecule has 0 amide bonds. The topological polar surface area (TPSA) is 65.4 Å². The van der Waals surface area contributed by atoms with E-state index in [0.717, 1.165) is 16.5 Å². The number of aromatic nitrogens is 1. The fourth-order valence-electron chi connectivity index (χ4n) is 4.92. The second-order valence-electron chi connectivity index (χ2n) is 7.88. The standard InChI is InChI=1S/C20H20ClNO4/c1-19(2)12-8-10(23)9-20(16(12)24,18(25)26-4)11-6-5-7-13-14(11)15(19)17(21)22(13)3/h5-7,12H,8-9H2,1-4H3/t12-,20+/m0/s1. The summed E-state index contributed by atoms with van der Waals surface area (Å²) in [5, 5.41) is 1.33. The summed E-state index contributed by atoms with van der Waals surface area (Å²) in [6, 6.07) is 5.47. The first-order valence-corrected chi connectivity index (χ1v) is 8.98. The molecule has 0 spiro atoms. The molecule has 5 nitrogen and oxygen atoms in total. The predicted molar refractivity (Wildman–Crippen MR) is 97.4 cm³/mol. The first-order valence-electron chi connectivity index (χ1n) is 8.60. The quantitative estimate of drug-likeness (QED) is 0.569. The second-order valence-corrected chi connectivity index (χ2v) is 8.24. The highest BCUT2D eigenvalue weighted by molar-refractivity contribution is 6.33. The van der Waals surface area contributed by atoms with Gasteiger partial charge >= 0.3 is 5.97 Å². The summed E-state index contributed by atoms with van der Waals surface area (Å²) in [5.41, 5.74) is -0.0809. The van der Waals surface area contributed by atoms with Crippen LogP contribution >= 0.6 is 11.6 Å². The number of fused-ring (bicyclic) bond motifs is 3. The zero-order valence-corrected chi connectivity index (χ0v) is 15.9. The van der Waals surface area contributed by atoms with Crippen molar-refractivity contribution in [3.05, 3.63) is 34.5 Å². The molecule has 0 radical (unpaired) electrons. The summed E-state index contributed by atoms with van der Waals surface area (Å²) < 4.78 is 6.91. The van der Waals surface area contributed by atoms with Gasteiger partial charge < -0.3 is 9.30 Å². The molecule has 2 aromatic rings. The van der Waals surface area contributed by atoms with Gasteiger partial charge in [-0.1, -0.05) is 37.6 Å². The van der Waals surface area contributed by atoms with Crippen molar-refractivity contribution in [2.24, 2.45) is 13.0 Å². The van der Waals surface area contributed by atoms with Crippen LogP contribution in [0.3, 0.4) is 0 Å². The van der Waals surface area contributed by atoms with E-state index in [9.17, 15) is 14.4 Å². The van der Waals surface area contributed by atoms with Crippen LogP contribution in [0, 0.1) is 5.92 Å². The monoisotopic (exact) mass is 373 g/mol. The lowest BCUT2D eigenvalue weighted by Gasteiger charge is -2.40. The number of benzene rings is 1. The minimum absolute atomic E-state index is 0.101. The highest BCUT2D eigenvalue weighted by Gasteiger charge is 2.61. The maximum absolute atomic E-state index is 13.6. The van der Waals surface area contributed by atoms with E-state index >= 15 is 0 Å². The summed E-state index contributed by atoms with van der Waals surface area (Å²) in [5.74, 6) is -1.64. The Morgan fingerprint density at radius 2 is 2.00 bits per heavy atom. The Morgan fingerprint density at radius 3 is 2.65 bits per heavy atom. The molecule has 1 fully saturated rings. The Morgan fingerprint density at radius 1 is 1.31 bits per heavy atom. The lowest BCUT2D eigenvalue weighted by atomic mass is 9.60. The van der Waals surface area contributed by atoms with E-state index in [1.807, 2.05) is 31.5 Å². The molecule has 0 aliphatic heterocycles. The predicted octanol–water partition coefficient (Wildman–Crippen LogP) is 3.08. The number of hydrogen-bond donors (Lipinski definition) is 0. The van der Waals surface area contributed by atoms with Crippen molar-refractivity contribution in [1.29, 1.82) is 0 Å². The Kier molecular flexibility index (Phi) is 3.45. The van der Waals surface area contributed by atoms with Crippen molar-refractivity contribution in [3.8, 4) is 0 Å². The minimum Gasteiger partial charge on any atom is -0.468 e. The third kappa shape index (κ3) is 1.79. The molecule has 2 bridgehead atoms. The molecule has 2 atom stereocenters. The van der Waals surface area contributed by atoms with Crippen molar-refractivity contribution < 1.29 is 19.1 Å². The van der Waals surface area contributed by atoms with Crippen molar-refractivity contribution in [2.75, 3.05) is 7.11 Å². The van der Waals surface area contributed by atoms with Crippen LogP contribution in [-0.4, -0.2) is 29.2 Å². The van der Waals surface area contributed by atoms with Crippen molar-refractivity contribution in [2.45, 2.75) is 37.5 Å². The van der Waals surface area contributed by atoms with E-state index in [2.05, 4.69) is 0 Å². The third-order valence-corrected chi connectivity index (χ3v) is 6.74. The van der Waals surface area contributed by atoms with E-state index < -0.39 is 22.7 Å². The van der Waals surface area contributed by atoms with Gasteiger partial charge in [0, 0.05) is 47.7 Å². The summed E-state index contributed by atoms with van der Waals surface area (Å²) >= 11 is 6.68. The van der Waals surface area contributed by atoms with Gasteiger partial charge in [0.25, 0.3) is 0 Å². The van der Waals surface area contributed by atoms with Crippen LogP contribution in [0.1, 0.15) is 37.8 Å². The first kappa shape index (κ1) is 17.3. The van der Waals surface area contributed by atoms with Crippen LogP contribution in [0.4, 0.5) is 0 Å². The Balaban J connectivity index is 2.26. The van der Waals surface area contributed by atoms with E-state index in [1.165, 1.54) is 7.11 Å². The summed E-state index contributed by atoms with van der Waals surface area (Å²) in [6.07, 6.45) is -0.0402. The molecular weight excluding hydrogens is 354 g/mol. The summed E-state index contributed by atoms with van der Waals surface area (Å²) in [7, 11) is 3.12. The van der Waals surface area contributed by atoms with Gasteiger partial charge in [0.2, 0.25) is 0 Å². The lowest BCUT2D eigenvalue weighted by molar-refractivity contribution is -0.159. The number of esters is 1. The maximum atomic E-state index is 13.6. The number of ether oxygens (including phenoxy) is 1. The molecule has 1 aromatic carbocycles. The number of methoxy groups -OCH3 is 1. The summed E-state index contributed by atoms with van der Waals surface area (Å²) in [4.78, 5) is 39.2. The third-order valence-electron chi connectivity index (χ3n) is 6.29. The van der Waals surface area contributed by atoms with Gasteiger partial charge in [0.05, 0.1) is 7.11 Å². The van der Waals surface area contributed by atoms with E-state index in [-0.39, 0.29) is 24.4 Å². The molecule has 0 N–H and O–H groups in total. The number of aryl methyl sites for hydroxylation is 1. The normalized spacial score (nSPS) is 26.7. The van der Waals surface area contributed by atoms with Crippen LogP contribution in [0.5, 0.6) is 0 Å². The number of carbonyl (C=O) groups excluding carboxylic acids is 3. The molecule has 136 valence electrons. The molecule has 1 aromatic heterocycles. The van der Waals surface area contributed by atoms with Crippen molar-refractivity contribution >= 4 is 40.0 Å². The molecule has 2 aliphatic rings. The Bertz CT molecular complexity index is 1000. The zero-order valence-electron chi connectivity index (χ0n) is 15.2. The molecule has 1 saturated carbocycles. The van der Waals surface area contributed by atoms with Gasteiger partial charge in [-0.3, -0.25) is 14.4 Å². The molecule has 2 aliphatic carbocycles. The SMILES string of the molecule is COC(=O)[C@@]12CC(=O)C[C@@H](C1=O)C(C)(C)c1c(Cl)n(C)c3cccc2c13. The highest BCUT2D eigenvalue weighted by Crippen LogP contribution is 2.55. The first-order chi connectivity index (χ1) is 12.2. The molecular formula is C20H20ClNO4. The van der Waals surface area contributed by atoms with Crippen LogP contribution in [0.25, 0.3) is 10.9 Å². The van der Waals surface area contributed by atoms with Crippen LogP contribution in [0.2, 0.25) is 5.15 Å². The summed E-state index contributed by atoms with van der Waals surface area (Å²) in [6.45, 7) is 3.86. The van der Waals surface area contributed by atoms with Crippen LogP contribution < -0.4 is 0 Å². The average Bonchev–Trinajstić information content (AvgIpc) is 2.85. The smallest absolute Gasteiger partial charge is 0.324 e. The number of halogens is 1. The average molecular weight is 374 g/mol. The van der Waals surface area contributed by atoms with Gasteiger partial charge in [0.1, 0.15) is 10.9 Å². The van der Waals surface area contributed by atoms with Gasteiger partial charge in [-0.15, -0.1) is 0 Å². The fourth-order valence-corrected chi connectivity index (χ4v) is 5.35. The molecule has 26 heavy (non-hydrogen) atoms. The maximum Gasteiger partial charge on any atom is 0.324 e. The lowest BCUT2D eigenvalue weighted by Crippen LogP contribution is -2.55. The van der Waals surface area contributed by atoms with Gasteiger partial charge in [-0.25, -0.2) is 0 Å². The van der Waals surface area contributed by atoms with E-state index in [4.69, 9.17) is 16.3 Å². The van der Waals surface area contributed by atoms with Crippen LogP contribution in [0.15, 0.2) is 18.2 Å².